The topological polar surface area (TPSA) is 64.6 Å². The molecule has 30 heavy (non-hydrogen) atoms. The molecule has 2 aromatic carbocycles. The predicted octanol–water partition coefficient (Wildman–Crippen LogP) is 5.77. The maximum absolute atomic E-state index is 12.8. The van der Waals surface area contributed by atoms with Crippen molar-refractivity contribution >= 4 is 28.2 Å². The fraction of sp³-hybridized carbons (Fsp3) is 0.250. The Bertz CT molecular complexity index is 1070. The van der Waals surface area contributed by atoms with Crippen molar-refractivity contribution in [3.05, 3.63) is 75.7 Å². The Morgan fingerprint density at radius 2 is 1.57 bits per heavy atom. The SMILES string of the molecule is COC(=O)c1c(NC(=O)c2ccc(Oc3ccc(C)cc3)cc2)sc2c1CCCC2. The fourth-order valence-electron chi connectivity index (χ4n) is 3.56. The molecule has 0 atom stereocenters. The molecular weight excluding hydrogens is 398 g/mol. The summed E-state index contributed by atoms with van der Waals surface area (Å²) in [5.74, 6) is 0.731. The van der Waals surface area contributed by atoms with Crippen molar-refractivity contribution in [1.82, 2.24) is 0 Å². The largest absolute Gasteiger partial charge is 0.465 e. The predicted molar refractivity (Wildman–Crippen MR) is 118 cm³/mol. The number of carbonyl (C=O) groups is 2. The van der Waals surface area contributed by atoms with Crippen LogP contribution in [-0.2, 0) is 17.6 Å². The molecule has 1 aliphatic carbocycles. The summed E-state index contributed by atoms with van der Waals surface area (Å²) < 4.78 is 10.8. The minimum Gasteiger partial charge on any atom is -0.465 e. The van der Waals surface area contributed by atoms with Crippen molar-refractivity contribution in [2.75, 3.05) is 12.4 Å². The van der Waals surface area contributed by atoms with Crippen LogP contribution in [0.25, 0.3) is 0 Å². The number of hydrogen-bond donors (Lipinski definition) is 1. The molecule has 1 amide bonds. The molecule has 0 aliphatic heterocycles. The van der Waals surface area contributed by atoms with Crippen LogP contribution in [0, 0.1) is 6.92 Å². The van der Waals surface area contributed by atoms with Crippen LogP contribution in [0.15, 0.2) is 48.5 Å². The third-order valence-electron chi connectivity index (χ3n) is 5.16. The smallest absolute Gasteiger partial charge is 0.341 e. The fourth-order valence-corrected chi connectivity index (χ4v) is 4.84. The van der Waals surface area contributed by atoms with E-state index in [0.717, 1.165) is 42.6 Å². The van der Waals surface area contributed by atoms with Crippen molar-refractivity contribution in [2.24, 2.45) is 0 Å². The maximum atomic E-state index is 12.8. The van der Waals surface area contributed by atoms with Gasteiger partial charge in [0.05, 0.1) is 12.7 Å². The van der Waals surface area contributed by atoms with E-state index in [4.69, 9.17) is 9.47 Å². The summed E-state index contributed by atoms with van der Waals surface area (Å²) in [6.45, 7) is 2.02. The van der Waals surface area contributed by atoms with E-state index in [1.54, 1.807) is 24.3 Å². The zero-order valence-corrected chi connectivity index (χ0v) is 17.8. The standard InChI is InChI=1S/C24H23NO4S/c1-15-7-11-17(12-8-15)29-18-13-9-16(10-14-18)22(26)25-23-21(24(27)28-2)19-5-3-4-6-20(19)30-23/h7-14H,3-6H2,1-2H3,(H,25,26). The van der Waals surface area contributed by atoms with Gasteiger partial charge in [-0.15, -0.1) is 11.3 Å². The van der Waals surface area contributed by atoms with Gasteiger partial charge in [0.15, 0.2) is 0 Å². The van der Waals surface area contributed by atoms with Gasteiger partial charge < -0.3 is 14.8 Å². The van der Waals surface area contributed by atoms with E-state index in [1.165, 1.54) is 23.3 Å². The van der Waals surface area contributed by atoms with Crippen LogP contribution in [0.5, 0.6) is 11.5 Å². The lowest BCUT2D eigenvalue weighted by molar-refractivity contribution is 0.0601. The van der Waals surface area contributed by atoms with Crippen LogP contribution in [0.4, 0.5) is 5.00 Å². The first-order valence-corrected chi connectivity index (χ1v) is 10.8. The van der Waals surface area contributed by atoms with Crippen molar-refractivity contribution in [1.29, 1.82) is 0 Å². The summed E-state index contributed by atoms with van der Waals surface area (Å²) in [5.41, 5.74) is 3.18. The van der Waals surface area contributed by atoms with Gasteiger partial charge in [-0.3, -0.25) is 4.79 Å². The first-order chi connectivity index (χ1) is 14.5. The van der Waals surface area contributed by atoms with Crippen molar-refractivity contribution in [3.63, 3.8) is 0 Å². The molecule has 6 heteroatoms. The zero-order chi connectivity index (χ0) is 21.1. The number of amides is 1. The van der Waals surface area contributed by atoms with E-state index in [0.29, 0.717) is 21.9 Å². The number of fused-ring (bicyclic) bond motifs is 1. The molecule has 154 valence electrons. The molecular formula is C24H23NO4S. The van der Waals surface area contributed by atoms with E-state index in [1.807, 2.05) is 31.2 Å². The molecule has 1 N–H and O–H groups in total. The van der Waals surface area contributed by atoms with Crippen LogP contribution in [0.1, 0.15) is 49.6 Å². The molecule has 0 saturated heterocycles. The molecule has 4 rings (SSSR count). The van der Waals surface area contributed by atoms with Crippen LogP contribution in [-0.4, -0.2) is 19.0 Å². The number of carbonyl (C=O) groups excluding carboxylic acids is 2. The number of nitrogens with one attached hydrogen (secondary N) is 1. The van der Waals surface area contributed by atoms with E-state index in [9.17, 15) is 9.59 Å². The van der Waals surface area contributed by atoms with E-state index >= 15 is 0 Å². The Morgan fingerprint density at radius 1 is 0.933 bits per heavy atom. The Kier molecular flexibility index (Phi) is 5.86. The lowest BCUT2D eigenvalue weighted by atomic mass is 9.95. The van der Waals surface area contributed by atoms with Gasteiger partial charge in [-0.1, -0.05) is 17.7 Å². The molecule has 0 bridgehead atoms. The number of anilines is 1. The number of rotatable bonds is 5. The third-order valence-corrected chi connectivity index (χ3v) is 6.37. The third kappa shape index (κ3) is 4.24. The highest BCUT2D eigenvalue weighted by Crippen LogP contribution is 2.38. The summed E-state index contributed by atoms with van der Waals surface area (Å²) in [7, 11) is 1.37. The summed E-state index contributed by atoms with van der Waals surface area (Å²) in [4.78, 5) is 26.3. The second-order valence-electron chi connectivity index (χ2n) is 7.30. The van der Waals surface area contributed by atoms with Gasteiger partial charge >= 0.3 is 5.97 Å². The minimum absolute atomic E-state index is 0.263. The highest BCUT2D eigenvalue weighted by Gasteiger charge is 2.27. The first kappa shape index (κ1) is 20.2. The number of benzene rings is 2. The first-order valence-electron chi connectivity index (χ1n) is 9.94. The number of ether oxygens (including phenoxy) is 2. The second-order valence-corrected chi connectivity index (χ2v) is 8.41. The van der Waals surface area contributed by atoms with Crippen molar-refractivity contribution < 1.29 is 19.1 Å². The molecule has 0 unspecified atom stereocenters. The van der Waals surface area contributed by atoms with Gasteiger partial charge in [-0.2, -0.15) is 0 Å². The van der Waals surface area contributed by atoms with Crippen molar-refractivity contribution in [2.45, 2.75) is 32.6 Å². The second kappa shape index (κ2) is 8.71. The molecule has 0 saturated carbocycles. The Balaban J connectivity index is 1.51. The molecule has 3 aromatic rings. The molecule has 1 heterocycles. The lowest BCUT2D eigenvalue weighted by Gasteiger charge is -2.12. The van der Waals surface area contributed by atoms with E-state index in [2.05, 4.69) is 5.32 Å². The molecule has 1 aromatic heterocycles. The van der Waals surface area contributed by atoms with Crippen LogP contribution >= 0.6 is 11.3 Å². The molecule has 0 radical (unpaired) electrons. The normalized spacial score (nSPS) is 12.7. The summed E-state index contributed by atoms with van der Waals surface area (Å²) in [6, 6.07) is 14.7. The molecule has 1 aliphatic rings. The highest BCUT2D eigenvalue weighted by atomic mass is 32.1. The van der Waals surface area contributed by atoms with Crippen LogP contribution < -0.4 is 10.1 Å². The van der Waals surface area contributed by atoms with Crippen molar-refractivity contribution in [3.8, 4) is 11.5 Å². The Hall–Kier alpha value is -3.12. The highest BCUT2D eigenvalue weighted by molar-refractivity contribution is 7.17. The maximum Gasteiger partial charge on any atom is 0.341 e. The summed E-state index contributed by atoms with van der Waals surface area (Å²) in [5, 5.41) is 3.48. The van der Waals surface area contributed by atoms with Gasteiger partial charge in [-0.25, -0.2) is 4.79 Å². The Labute approximate surface area is 179 Å². The zero-order valence-electron chi connectivity index (χ0n) is 17.0. The number of aryl methyl sites for hydroxylation is 2. The van der Waals surface area contributed by atoms with Gasteiger partial charge in [0.1, 0.15) is 16.5 Å². The average Bonchev–Trinajstić information content (AvgIpc) is 3.13. The summed E-state index contributed by atoms with van der Waals surface area (Å²) in [6.07, 6.45) is 3.93. The number of methoxy groups -OCH3 is 1. The molecule has 0 spiro atoms. The monoisotopic (exact) mass is 421 g/mol. The van der Waals surface area contributed by atoms with E-state index in [-0.39, 0.29) is 5.91 Å². The molecule has 5 nitrogen and oxygen atoms in total. The lowest BCUT2D eigenvalue weighted by Crippen LogP contribution is -2.15. The summed E-state index contributed by atoms with van der Waals surface area (Å²) >= 11 is 1.48. The number of hydrogen-bond acceptors (Lipinski definition) is 5. The number of thiophene rings is 1. The Morgan fingerprint density at radius 3 is 2.23 bits per heavy atom. The van der Waals surface area contributed by atoms with Gasteiger partial charge in [0.2, 0.25) is 0 Å². The molecule has 0 fully saturated rings. The minimum atomic E-state index is -0.397. The van der Waals surface area contributed by atoms with Gasteiger partial charge in [0, 0.05) is 10.4 Å². The van der Waals surface area contributed by atoms with Crippen LogP contribution in [0.3, 0.4) is 0 Å². The average molecular weight is 422 g/mol. The van der Waals surface area contributed by atoms with Crippen LogP contribution in [0.2, 0.25) is 0 Å². The quantitative estimate of drug-likeness (QED) is 0.532. The number of esters is 1. The van der Waals surface area contributed by atoms with Gasteiger partial charge in [-0.05, 0) is 74.6 Å². The van der Waals surface area contributed by atoms with E-state index < -0.39 is 5.97 Å². The van der Waals surface area contributed by atoms with Gasteiger partial charge in [0.25, 0.3) is 5.91 Å².